The second-order valence-electron chi connectivity index (χ2n) is 7.32. The Balaban J connectivity index is 1.22. The number of hydrogen-bond donors (Lipinski definition) is 0. The standard InChI is InChI=1S/C17H22N4O2S/c1-10-9-24-15(18-10)8-21-5-4-12-6-13(22-14(12)7-21)17-20-19-16(23-17)11-2-3-11/h9,11-14H,2-8H2,1H3/t12-,13+,14+/m1/s1. The second-order valence-corrected chi connectivity index (χ2v) is 8.26. The van der Waals surface area contributed by atoms with Gasteiger partial charge in [-0.25, -0.2) is 4.98 Å². The van der Waals surface area contributed by atoms with Gasteiger partial charge in [0.15, 0.2) is 0 Å². The van der Waals surface area contributed by atoms with Crippen LogP contribution in [0.4, 0.5) is 0 Å². The summed E-state index contributed by atoms with van der Waals surface area (Å²) in [6.45, 7) is 5.08. The Morgan fingerprint density at radius 2 is 2.12 bits per heavy atom. The van der Waals surface area contributed by atoms with Gasteiger partial charge in [-0.15, -0.1) is 21.5 Å². The molecule has 0 amide bonds. The molecule has 0 N–H and O–H groups in total. The van der Waals surface area contributed by atoms with Gasteiger partial charge in [0.2, 0.25) is 11.8 Å². The third-order valence-electron chi connectivity index (χ3n) is 5.32. The van der Waals surface area contributed by atoms with Gasteiger partial charge < -0.3 is 9.15 Å². The van der Waals surface area contributed by atoms with E-state index in [1.807, 2.05) is 0 Å². The summed E-state index contributed by atoms with van der Waals surface area (Å²) in [4.78, 5) is 7.04. The lowest BCUT2D eigenvalue weighted by molar-refractivity contribution is -0.0177. The van der Waals surface area contributed by atoms with E-state index in [9.17, 15) is 0 Å². The first kappa shape index (κ1) is 15.0. The van der Waals surface area contributed by atoms with Gasteiger partial charge in [0.05, 0.1) is 12.6 Å². The molecule has 4 heterocycles. The van der Waals surface area contributed by atoms with Crippen molar-refractivity contribution in [3.8, 4) is 0 Å². The molecule has 0 aromatic carbocycles. The summed E-state index contributed by atoms with van der Waals surface area (Å²) in [7, 11) is 0. The molecule has 2 saturated heterocycles. The molecule has 6 nitrogen and oxygen atoms in total. The minimum Gasteiger partial charge on any atom is -0.422 e. The fourth-order valence-corrected chi connectivity index (χ4v) is 4.65. The number of piperidine rings is 1. The number of hydrogen-bond acceptors (Lipinski definition) is 7. The highest BCUT2D eigenvalue weighted by Crippen LogP contribution is 2.43. The minimum absolute atomic E-state index is 0.0120. The van der Waals surface area contributed by atoms with Crippen LogP contribution in [0.3, 0.4) is 0 Å². The number of fused-ring (bicyclic) bond motifs is 1. The largest absolute Gasteiger partial charge is 0.422 e. The third kappa shape index (κ3) is 2.89. The SMILES string of the molecule is Cc1csc(CN2CC[C@@H]3C[C@@H](c4nnc(C5CC5)o4)O[C@H]3C2)n1. The van der Waals surface area contributed by atoms with Crippen LogP contribution in [-0.2, 0) is 11.3 Å². The van der Waals surface area contributed by atoms with Crippen LogP contribution in [0.25, 0.3) is 0 Å². The quantitative estimate of drug-likeness (QED) is 0.848. The highest BCUT2D eigenvalue weighted by atomic mass is 32.1. The summed E-state index contributed by atoms with van der Waals surface area (Å²) in [6, 6.07) is 0. The molecule has 7 heteroatoms. The molecular formula is C17H22N4O2S. The lowest BCUT2D eigenvalue weighted by atomic mass is 9.92. The van der Waals surface area contributed by atoms with Gasteiger partial charge in [0, 0.05) is 23.5 Å². The Kier molecular flexibility index (Phi) is 3.68. The maximum absolute atomic E-state index is 6.28. The van der Waals surface area contributed by atoms with Gasteiger partial charge in [-0.2, -0.15) is 0 Å². The Labute approximate surface area is 145 Å². The van der Waals surface area contributed by atoms with Crippen molar-refractivity contribution < 1.29 is 9.15 Å². The number of likely N-dealkylation sites (tertiary alicyclic amines) is 1. The highest BCUT2D eigenvalue weighted by Gasteiger charge is 2.42. The van der Waals surface area contributed by atoms with Crippen molar-refractivity contribution >= 4 is 11.3 Å². The molecule has 3 atom stereocenters. The average molecular weight is 346 g/mol. The number of rotatable bonds is 4. The van der Waals surface area contributed by atoms with Gasteiger partial charge in [0.1, 0.15) is 11.1 Å². The summed E-state index contributed by atoms with van der Waals surface area (Å²) < 4.78 is 12.1. The first-order valence-corrected chi connectivity index (χ1v) is 9.74. The number of ether oxygens (including phenoxy) is 1. The molecule has 0 radical (unpaired) electrons. The number of aromatic nitrogens is 3. The first-order valence-electron chi connectivity index (χ1n) is 8.86. The Morgan fingerprint density at radius 3 is 2.92 bits per heavy atom. The molecule has 24 heavy (non-hydrogen) atoms. The lowest BCUT2D eigenvalue weighted by Gasteiger charge is -2.33. The maximum atomic E-state index is 6.28. The Morgan fingerprint density at radius 1 is 1.25 bits per heavy atom. The topological polar surface area (TPSA) is 64.3 Å². The van der Waals surface area contributed by atoms with Crippen LogP contribution in [0.1, 0.15) is 60.2 Å². The van der Waals surface area contributed by atoms with Crippen molar-refractivity contribution in [3.05, 3.63) is 27.9 Å². The summed E-state index contributed by atoms with van der Waals surface area (Å²) in [5.41, 5.74) is 1.12. The highest BCUT2D eigenvalue weighted by molar-refractivity contribution is 7.09. The van der Waals surface area contributed by atoms with Gasteiger partial charge in [0.25, 0.3) is 0 Å². The third-order valence-corrected chi connectivity index (χ3v) is 6.27. The maximum Gasteiger partial charge on any atom is 0.245 e. The second kappa shape index (κ2) is 5.89. The molecule has 0 bridgehead atoms. The normalized spacial score (nSPS) is 30.6. The van der Waals surface area contributed by atoms with Gasteiger partial charge in [-0.3, -0.25) is 4.90 Å². The van der Waals surface area contributed by atoms with Crippen LogP contribution in [0.5, 0.6) is 0 Å². The Bertz CT molecular complexity index is 726. The molecule has 2 aromatic rings. The zero-order valence-electron chi connectivity index (χ0n) is 13.9. The smallest absolute Gasteiger partial charge is 0.245 e. The molecular weight excluding hydrogens is 324 g/mol. The summed E-state index contributed by atoms with van der Waals surface area (Å²) in [5, 5.41) is 11.8. The molecule has 0 spiro atoms. The van der Waals surface area contributed by atoms with E-state index < -0.39 is 0 Å². The molecule has 3 aliphatic rings. The molecule has 128 valence electrons. The van der Waals surface area contributed by atoms with E-state index in [0.29, 0.717) is 17.7 Å². The summed E-state index contributed by atoms with van der Waals surface area (Å²) >= 11 is 1.75. The molecule has 1 saturated carbocycles. The van der Waals surface area contributed by atoms with Crippen molar-refractivity contribution in [2.75, 3.05) is 13.1 Å². The predicted molar refractivity (Wildman–Crippen MR) is 88.7 cm³/mol. The van der Waals surface area contributed by atoms with Crippen molar-refractivity contribution in [3.63, 3.8) is 0 Å². The van der Waals surface area contributed by atoms with Gasteiger partial charge >= 0.3 is 0 Å². The van der Waals surface area contributed by atoms with E-state index in [2.05, 4.69) is 32.4 Å². The van der Waals surface area contributed by atoms with Gasteiger partial charge in [-0.05, 0) is 45.1 Å². The predicted octanol–water partition coefficient (Wildman–Crippen LogP) is 3.06. The monoisotopic (exact) mass is 346 g/mol. The van der Waals surface area contributed by atoms with Crippen molar-refractivity contribution in [2.24, 2.45) is 5.92 Å². The molecule has 3 fully saturated rings. The van der Waals surface area contributed by atoms with Crippen LogP contribution in [0.15, 0.2) is 9.80 Å². The fraction of sp³-hybridized carbons (Fsp3) is 0.706. The molecule has 1 aliphatic carbocycles. The van der Waals surface area contributed by atoms with Gasteiger partial charge in [-0.1, -0.05) is 0 Å². The van der Waals surface area contributed by atoms with E-state index in [1.165, 1.54) is 24.3 Å². The van der Waals surface area contributed by atoms with E-state index in [0.717, 1.165) is 37.6 Å². The van der Waals surface area contributed by atoms with E-state index in [1.54, 1.807) is 11.3 Å². The zero-order chi connectivity index (χ0) is 16.1. The molecule has 0 unspecified atom stereocenters. The Hall–Kier alpha value is -1.31. The number of aryl methyl sites for hydroxylation is 1. The average Bonchev–Trinajstić information content (AvgIpc) is 2.98. The van der Waals surface area contributed by atoms with Crippen LogP contribution in [0, 0.1) is 12.8 Å². The zero-order valence-corrected chi connectivity index (χ0v) is 14.7. The van der Waals surface area contributed by atoms with Crippen molar-refractivity contribution in [1.82, 2.24) is 20.1 Å². The van der Waals surface area contributed by atoms with Crippen LogP contribution in [0.2, 0.25) is 0 Å². The molecule has 5 rings (SSSR count). The molecule has 2 aliphatic heterocycles. The fourth-order valence-electron chi connectivity index (χ4n) is 3.84. The van der Waals surface area contributed by atoms with Crippen LogP contribution >= 0.6 is 11.3 Å². The van der Waals surface area contributed by atoms with E-state index >= 15 is 0 Å². The molecule has 2 aromatic heterocycles. The first-order chi connectivity index (χ1) is 11.7. The van der Waals surface area contributed by atoms with E-state index in [4.69, 9.17) is 9.15 Å². The summed E-state index contributed by atoms with van der Waals surface area (Å²) in [5.74, 6) is 2.62. The number of nitrogens with zero attached hydrogens (tertiary/aromatic N) is 4. The van der Waals surface area contributed by atoms with Crippen LogP contribution in [-0.4, -0.2) is 39.3 Å². The number of thiazole rings is 1. The minimum atomic E-state index is -0.0120. The summed E-state index contributed by atoms with van der Waals surface area (Å²) in [6.07, 6.45) is 4.83. The lowest BCUT2D eigenvalue weighted by Crippen LogP contribution is -2.41. The van der Waals surface area contributed by atoms with E-state index in [-0.39, 0.29) is 12.2 Å². The van der Waals surface area contributed by atoms with Crippen molar-refractivity contribution in [1.29, 1.82) is 0 Å². The van der Waals surface area contributed by atoms with Crippen molar-refractivity contribution in [2.45, 2.75) is 57.3 Å². The van der Waals surface area contributed by atoms with Crippen LogP contribution < -0.4 is 0 Å².